The van der Waals surface area contributed by atoms with Gasteiger partial charge in [0.25, 0.3) is 10.0 Å². The maximum absolute atomic E-state index is 13.6. The van der Waals surface area contributed by atoms with E-state index >= 15 is 0 Å². The number of rotatable bonds is 3. The minimum Gasteiger partial charge on any atom is -0.279 e. The Balaban J connectivity index is 2.49. The molecule has 0 spiro atoms. The lowest BCUT2D eigenvalue weighted by atomic mass is 10.2. The molecule has 0 amide bonds. The van der Waals surface area contributed by atoms with E-state index in [1.807, 2.05) is 0 Å². The summed E-state index contributed by atoms with van der Waals surface area (Å²) in [4.78, 5) is -0.958. The summed E-state index contributed by atoms with van der Waals surface area (Å²) in [6.07, 6.45) is 0. The van der Waals surface area contributed by atoms with Gasteiger partial charge in [0.15, 0.2) is 17.5 Å². The van der Waals surface area contributed by atoms with Crippen LogP contribution in [0.15, 0.2) is 39.7 Å². The summed E-state index contributed by atoms with van der Waals surface area (Å²) < 4.78 is 66.5. The number of sulfonamides is 1. The van der Waals surface area contributed by atoms with Crippen molar-refractivity contribution < 1.29 is 21.6 Å². The van der Waals surface area contributed by atoms with Crippen molar-refractivity contribution >= 4 is 31.6 Å². The van der Waals surface area contributed by atoms with Gasteiger partial charge in [-0.05, 0) is 36.8 Å². The fourth-order valence-corrected chi connectivity index (χ4v) is 3.17. The van der Waals surface area contributed by atoms with Crippen molar-refractivity contribution in [3.05, 3.63) is 57.8 Å². The Morgan fingerprint density at radius 1 is 1.05 bits per heavy atom. The monoisotopic (exact) mass is 379 g/mol. The van der Waals surface area contributed by atoms with Crippen LogP contribution in [0.1, 0.15) is 5.56 Å². The van der Waals surface area contributed by atoms with Crippen molar-refractivity contribution in [3.8, 4) is 0 Å². The van der Waals surface area contributed by atoms with E-state index in [1.54, 1.807) is 19.1 Å². The average Bonchev–Trinajstić information content (AvgIpc) is 2.39. The summed E-state index contributed by atoms with van der Waals surface area (Å²) in [6, 6.07) is 6.05. The number of hydrogen-bond acceptors (Lipinski definition) is 2. The second kappa shape index (κ2) is 5.69. The molecule has 0 radical (unpaired) electrons. The number of nitrogens with one attached hydrogen (secondary N) is 1. The number of hydrogen-bond donors (Lipinski definition) is 1. The van der Waals surface area contributed by atoms with Gasteiger partial charge in [-0.3, -0.25) is 4.72 Å². The van der Waals surface area contributed by atoms with Gasteiger partial charge in [0.1, 0.15) is 4.90 Å². The minimum atomic E-state index is -4.38. The Kier molecular flexibility index (Phi) is 4.29. The Bertz CT molecular complexity index is 809. The zero-order valence-corrected chi connectivity index (χ0v) is 13.0. The molecule has 0 heterocycles. The Labute approximate surface area is 128 Å². The first-order valence-corrected chi connectivity index (χ1v) is 7.92. The van der Waals surface area contributed by atoms with Gasteiger partial charge in [-0.2, -0.15) is 0 Å². The standard InChI is InChI=1S/C13H9BrF3NO2S/c1-7-2-3-8(14)6-10(7)18-21(19,20)11-5-4-9(15)12(16)13(11)17/h2-6,18H,1H3. The van der Waals surface area contributed by atoms with Crippen molar-refractivity contribution in [2.45, 2.75) is 11.8 Å². The Morgan fingerprint density at radius 3 is 2.38 bits per heavy atom. The van der Waals surface area contributed by atoms with E-state index in [0.29, 0.717) is 22.2 Å². The summed E-state index contributed by atoms with van der Waals surface area (Å²) >= 11 is 3.18. The molecule has 0 saturated heterocycles. The zero-order chi connectivity index (χ0) is 15.8. The van der Waals surface area contributed by atoms with Gasteiger partial charge in [-0.25, -0.2) is 21.6 Å². The van der Waals surface area contributed by atoms with E-state index in [0.717, 1.165) is 0 Å². The van der Waals surface area contributed by atoms with Gasteiger partial charge in [0.2, 0.25) is 0 Å². The predicted molar refractivity (Wildman–Crippen MR) is 76.0 cm³/mol. The van der Waals surface area contributed by atoms with Crippen LogP contribution in [-0.2, 0) is 10.0 Å². The van der Waals surface area contributed by atoms with Crippen molar-refractivity contribution in [3.63, 3.8) is 0 Å². The second-order valence-electron chi connectivity index (χ2n) is 4.24. The van der Waals surface area contributed by atoms with E-state index in [4.69, 9.17) is 0 Å². The molecule has 0 aliphatic carbocycles. The van der Waals surface area contributed by atoms with Crippen LogP contribution in [0, 0.1) is 24.4 Å². The number of benzene rings is 2. The lowest BCUT2D eigenvalue weighted by molar-refractivity contribution is 0.432. The molecule has 2 aromatic carbocycles. The van der Waals surface area contributed by atoms with Gasteiger partial charge in [-0.15, -0.1) is 0 Å². The van der Waals surface area contributed by atoms with Crippen LogP contribution in [0.25, 0.3) is 0 Å². The fraction of sp³-hybridized carbons (Fsp3) is 0.0769. The smallest absolute Gasteiger partial charge is 0.264 e. The third-order valence-corrected chi connectivity index (χ3v) is 4.61. The van der Waals surface area contributed by atoms with Gasteiger partial charge in [0, 0.05) is 4.47 Å². The molecule has 0 bridgehead atoms. The van der Waals surface area contributed by atoms with E-state index < -0.39 is 32.4 Å². The molecule has 0 aliphatic rings. The third kappa shape index (κ3) is 3.21. The quantitative estimate of drug-likeness (QED) is 0.819. The predicted octanol–water partition coefficient (Wildman–Crippen LogP) is 3.98. The van der Waals surface area contributed by atoms with E-state index in [9.17, 15) is 21.6 Å². The Morgan fingerprint density at radius 2 is 1.71 bits per heavy atom. The average molecular weight is 380 g/mol. The van der Waals surface area contributed by atoms with Gasteiger partial charge in [-0.1, -0.05) is 22.0 Å². The van der Waals surface area contributed by atoms with Gasteiger partial charge < -0.3 is 0 Å². The minimum absolute atomic E-state index is 0.202. The SMILES string of the molecule is Cc1ccc(Br)cc1NS(=O)(=O)c1ccc(F)c(F)c1F. The van der Waals surface area contributed by atoms with Crippen LogP contribution >= 0.6 is 15.9 Å². The molecule has 1 N–H and O–H groups in total. The topological polar surface area (TPSA) is 46.2 Å². The number of aryl methyl sites for hydroxylation is 1. The first-order chi connectivity index (χ1) is 9.72. The first kappa shape index (κ1) is 15.8. The van der Waals surface area contributed by atoms with Crippen LogP contribution < -0.4 is 4.72 Å². The molecular formula is C13H9BrF3NO2S. The number of anilines is 1. The van der Waals surface area contributed by atoms with Crippen LogP contribution in [-0.4, -0.2) is 8.42 Å². The molecule has 8 heteroatoms. The second-order valence-corrected chi connectivity index (χ2v) is 6.80. The van der Waals surface area contributed by atoms with Crippen molar-refractivity contribution in [2.75, 3.05) is 4.72 Å². The molecule has 2 aromatic rings. The van der Waals surface area contributed by atoms with Crippen molar-refractivity contribution in [2.24, 2.45) is 0 Å². The lowest BCUT2D eigenvalue weighted by Crippen LogP contribution is -2.16. The highest BCUT2D eigenvalue weighted by atomic mass is 79.9. The molecule has 0 unspecified atom stereocenters. The summed E-state index contributed by atoms with van der Waals surface area (Å²) in [5.41, 5.74) is 0.790. The highest BCUT2D eigenvalue weighted by Gasteiger charge is 2.24. The maximum atomic E-state index is 13.6. The van der Waals surface area contributed by atoms with Crippen molar-refractivity contribution in [1.29, 1.82) is 0 Å². The first-order valence-electron chi connectivity index (χ1n) is 5.65. The lowest BCUT2D eigenvalue weighted by Gasteiger charge is -2.12. The molecule has 0 fully saturated rings. The molecule has 0 saturated carbocycles. The van der Waals surface area contributed by atoms with Crippen LogP contribution in [0.2, 0.25) is 0 Å². The van der Waals surface area contributed by atoms with Gasteiger partial charge in [0.05, 0.1) is 5.69 Å². The van der Waals surface area contributed by atoms with Gasteiger partial charge >= 0.3 is 0 Å². The number of halogens is 4. The molecule has 2 rings (SSSR count). The molecule has 0 aliphatic heterocycles. The summed E-state index contributed by atoms with van der Waals surface area (Å²) in [7, 11) is -4.38. The molecule has 0 atom stereocenters. The molecule has 3 nitrogen and oxygen atoms in total. The van der Waals surface area contributed by atoms with Crippen LogP contribution in [0.3, 0.4) is 0 Å². The highest BCUT2D eigenvalue weighted by Crippen LogP contribution is 2.26. The third-order valence-electron chi connectivity index (χ3n) is 2.73. The van der Waals surface area contributed by atoms with Crippen molar-refractivity contribution in [1.82, 2.24) is 0 Å². The highest BCUT2D eigenvalue weighted by molar-refractivity contribution is 9.10. The fourth-order valence-electron chi connectivity index (χ4n) is 1.62. The van der Waals surface area contributed by atoms with E-state index in [1.165, 1.54) is 6.07 Å². The van der Waals surface area contributed by atoms with Crippen LogP contribution in [0.5, 0.6) is 0 Å². The van der Waals surface area contributed by atoms with E-state index in [2.05, 4.69) is 20.7 Å². The van der Waals surface area contributed by atoms with E-state index in [-0.39, 0.29) is 5.69 Å². The zero-order valence-electron chi connectivity index (χ0n) is 10.6. The van der Waals surface area contributed by atoms with Crippen LogP contribution in [0.4, 0.5) is 18.9 Å². The molecule has 112 valence electrons. The summed E-state index contributed by atoms with van der Waals surface area (Å²) in [5.74, 6) is -5.04. The summed E-state index contributed by atoms with van der Waals surface area (Å²) in [6.45, 7) is 1.64. The molecule has 21 heavy (non-hydrogen) atoms. The normalized spacial score (nSPS) is 11.5. The molecule has 0 aromatic heterocycles. The molecular weight excluding hydrogens is 371 g/mol. The maximum Gasteiger partial charge on any atom is 0.264 e. The largest absolute Gasteiger partial charge is 0.279 e. The summed E-state index contributed by atoms with van der Waals surface area (Å²) in [5, 5.41) is 0. The Hall–Kier alpha value is -1.54.